The number of aryl methyl sites for hydroxylation is 1. The smallest absolute Gasteiger partial charge is 0.230 e. The van der Waals surface area contributed by atoms with Crippen molar-refractivity contribution in [1.82, 2.24) is 10.1 Å². The second-order valence-corrected chi connectivity index (χ2v) is 7.49. The van der Waals surface area contributed by atoms with E-state index in [2.05, 4.69) is 22.4 Å². The van der Waals surface area contributed by atoms with E-state index in [0.717, 1.165) is 40.9 Å². The zero-order chi connectivity index (χ0) is 19.0. The minimum atomic E-state index is -0.117. The largest absolute Gasteiger partial charge is 0.383 e. The molecule has 0 unspecified atom stereocenters. The van der Waals surface area contributed by atoms with Gasteiger partial charge in [0.2, 0.25) is 5.91 Å². The summed E-state index contributed by atoms with van der Waals surface area (Å²) in [7, 11) is 0. The molecule has 1 aliphatic rings. The first-order chi connectivity index (χ1) is 12.9. The highest BCUT2D eigenvalue weighted by Crippen LogP contribution is 2.48. The van der Waals surface area contributed by atoms with Crippen molar-refractivity contribution in [1.29, 1.82) is 0 Å². The lowest BCUT2D eigenvalue weighted by Crippen LogP contribution is -2.14. The Balaban J connectivity index is 1.39. The summed E-state index contributed by atoms with van der Waals surface area (Å²) in [6.07, 6.45) is 4.24. The summed E-state index contributed by atoms with van der Waals surface area (Å²) >= 11 is 0. The fraction of sp³-hybridized carbons (Fsp3) is 0.286. The monoisotopic (exact) mass is 362 g/mol. The van der Waals surface area contributed by atoms with Gasteiger partial charge < -0.3 is 15.6 Å². The number of hydrogen-bond donors (Lipinski definition) is 2. The number of benzene rings is 1. The SMILES string of the molecule is Cc1cc(-c2ccc(CC(=O)Nc3cc(C4(C)CC4)on3)cc2)cnc1N. The van der Waals surface area contributed by atoms with E-state index in [1.165, 1.54) is 0 Å². The molecular weight excluding hydrogens is 340 g/mol. The third-order valence-electron chi connectivity index (χ3n) is 5.14. The van der Waals surface area contributed by atoms with Crippen LogP contribution in [0.3, 0.4) is 0 Å². The Morgan fingerprint density at radius 3 is 2.63 bits per heavy atom. The van der Waals surface area contributed by atoms with Crippen molar-refractivity contribution in [3.8, 4) is 11.1 Å². The number of hydrogen-bond acceptors (Lipinski definition) is 5. The molecule has 0 radical (unpaired) electrons. The molecule has 1 fully saturated rings. The van der Waals surface area contributed by atoms with Crippen molar-refractivity contribution < 1.29 is 9.32 Å². The molecule has 1 amide bonds. The predicted octanol–water partition coefficient (Wildman–Crippen LogP) is 3.86. The summed E-state index contributed by atoms with van der Waals surface area (Å²) < 4.78 is 5.35. The van der Waals surface area contributed by atoms with E-state index in [-0.39, 0.29) is 17.7 Å². The number of nitrogen functional groups attached to an aromatic ring is 1. The van der Waals surface area contributed by atoms with Crippen LogP contribution < -0.4 is 11.1 Å². The highest BCUT2D eigenvalue weighted by Gasteiger charge is 2.42. The standard InChI is InChI=1S/C21H22N4O2/c1-13-9-16(12-23-20(13)22)15-5-3-14(4-6-15)10-19(26)24-18-11-17(27-25-18)21(2)7-8-21/h3-6,9,11-12H,7-8,10H2,1-2H3,(H2,22,23)(H,24,25,26). The third kappa shape index (κ3) is 3.69. The van der Waals surface area contributed by atoms with Gasteiger partial charge in [-0.1, -0.05) is 36.3 Å². The van der Waals surface area contributed by atoms with E-state index in [1.54, 1.807) is 6.20 Å². The van der Waals surface area contributed by atoms with Crippen molar-refractivity contribution in [3.63, 3.8) is 0 Å². The van der Waals surface area contributed by atoms with Crippen LogP contribution in [0.15, 0.2) is 47.1 Å². The maximum Gasteiger partial charge on any atom is 0.230 e. The second kappa shape index (κ2) is 6.54. The zero-order valence-electron chi connectivity index (χ0n) is 15.5. The van der Waals surface area contributed by atoms with Gasteiger partial charge in [-0.15, -0.1) is 0 Å². The summed E-state index contributed by atoms with van der Waals surface area (Å²) in [6, 6.07) is 11.7. The van der Waals surface area contributed by atoms with E-state index >= 15 is 0 Å². The zero-order valence-corrected chi connectivity index (χ0v) is 15.5. The van der Waals surface area contributed by atoms with Gasteiger partial charge in [0.1, 0.15) is 11.6 Å². The topological polar surface area (TPSA) is 94.0 Å². The molecule has 6 heteroatoms. The number of carbonyl (C=O) groups excluding carboxylic acids is 1. The number of pyridine rings is 1. The van der Waals surface area contributed by atoms with Crippen molar-refractivity contribution >= 4 is 17.5 Å². The Hall–Kier alpha value is -3.15. The summed E-state index contributed by atoms with van der Waals surface area (Å²) in [6.45, 7) is 4.07. The van der Waals surface area contributed by atoms with Gasteiger partial charge in [-0.3, -0.25) is 4.79 Å². The first-order valence-corrected chi connectivity index (χ1v) is 9.01. The number of amides is 1. The Bertz CT molecular complexity index is 988. The van der Waals surface area contributed by atoms with Crippen LogP contribution in [0.25, 0.3) is 11.1 Å². The normalized spacial score (nSPS) is 14.7. The van der Waals surface area contributed by atoms with E-state index in [1.807, 2.05) is 43.3 Å². The number of nitrogens with one attached hydrogen (secondary N) is 1. The molecule has 2 heterocycles. The van der Waals surface area contributed by atoms with Crippen molar-refractivity contribution in [2.75, 3.05) is 11.1 Å². The van der Waals surface area contributed by atoms with Crippen LogP contribution in [0, 0.1) is 6.92 Å². The van der Waals surface area contributed by atoms with Crippen molar-refractivity contribution in [2.45, 2.75) is 38.5 Å². The molecular formula is C21H22N4O2. The third-order valence-corrected chi connectivity index (χ3v) is 5.14. The Morgan fingerprint density at radius 1 is 1.22 bits per heavy atom. The van der Waals surface area contributed by atoms with Crippen LogP contribution in [0.1, 0.15) is 36.7 Å². The molecule has 3 aromatic rings. The molecule has 0 spiro atoms. The maximum atomic E-state index is 12.3. The van der Waals surface area contributed by atoms with Gasteiger partial charge >= 0.3 is 0 Å². The van der Waals surface area contributed by atoms with E-state index in [4.69, 9.17) is 10.3 Å². The molecule has 6 nitrogen and oxygen atoms in total. The lowest BCUT2D eigenvalue weighted by molar-refractivity contribution is -0.115. The Morgan fingerprint density at radius 2 is 1.96 bits per heavy atom. The molecule has 0 aliphatic heterocycles. The first-order valence-electron chi connectivity index (χ1n) is 9.01. The van der Waals surface area contributed by atoms with Gasteiger partial charge in [-0.05, 0) is 42.5 Å². The number of rotatable bonds is 5. The fourth-order valence-electron chi connectivity index (χ4n) is 2.98. The van der Waals surface area contributed by atoms with Crippen LogP contribution in [-0.4, -0.2) is 16.0 Å². The van der Waals surface area contributed by atoms with Crippen LogP contribution in [0.5, 0.6) is 0 Å². The van der Waals surface area contributed by atoms with Gasteiger partial charge in [-0.2, -0.15) is 0 Å². The Labute approximate surface area is 157 Å². The van der Waals surface area contributed by atoms with Gasteiger partial charge in [0.05, 0.1) is 6.42 Å². The summed E-state index contributed by atoms with van der Waals surface area (Å²) in [5.74, 6) is 1.74. The van der Waals surface area contributed by atoms with Gasteiger partial charge in [-0.25, -0.2) is 4.98 Å². The average Bonchev–Trinajstić information content (AvgIpc) is 3.22. The lowest BCUT2D eigenvalue weighted by Gasteiger charge is -2.06. The van der Waals surface area contributed by atoms with Gasteiger partial charge in [0.25, 0.3) is 0 Å². The molecule has 1 aromatic carbocycles. The maximum absolute atomic E-state index is 12.3. The molecule has 27 heavy (non-hydrogen) atoms. The molecule has 138 valence electrons. The van der Waals surface area contributed by atoms with E-state index < -0.39 is 0 Å². The van der Waals surface area contributed by atoms with Crippen LogP contribution >= 0.6 is 0 Å². The molecule has 2 aromatic heterocycles. The highest BCUT2D eigenvalue weighted by molar-refractivity contribution is 5.91. The number of aromatic nitrogens is 2. The molecule has 1 saturated carbocycles. The van der Waals surface area contributed by atoms with E-state index in [0.29, 0.717) is 11.6 Å². The highest BCUT2D eigenvalue weighted by atomic mass is 16.5. The minimum Gasteiger partial charge on any atom is -0.383 e. The van der Waals surface area contributed by atoms with Gasteiger partial charge in [0, 0.05) is 23.2 Å². The molecule has 1 aliphatic carbocycles. The predicted molar refractivity (Wildman–Crippen MR) is 104 cm³/mol. The number of carbonyl (C=O) groups is 1. The molecule has 3 N–H and O–H groups in total. The van der Waals surface area contributed by atoms with Crippen molar-refractivity contribution in [3.05, 3.63) is 59.5 Å². The summed E-state index contributed by atoms with van der Waals surface area (Å²) in [5.41, 5.74) is 9.78. The lowest BCUT2D eigenvalue weighted by atomic mass is 10.0. The number of nitrogens with zero attached hydrogens (tertiary/aromatic N) is 2. The fourth-order valence-corrected chi connectivity index (χ4v) is 2.98. The van der Waals surface area contributed by atoms with Gasteiger partial charge in [0.15, 0.2) is 5.82 Å². The van der Waals surface area contributed by atoms with E-state index in [9.17, 15) is 4.79 Å². The van der Waals surface area contributed by atoms with Crippen LogP contribution in [0.2, 0.25) is 0 Å². The minimum absolute atomic E-state index is 0.0983. The summed E-state index contributed by atoms with van der Waals surface area (Å²) in [4.78, 5) is 16.5. The average molecular weight is 362 g/mol. The van der Waals surface area contributed by atoms with Crippen LogP contribution in [-0.2, 0) is 16.6 Å². The summed E-state index contributed by atoms with van der Waals surface area (Å²) in [5, 5.41) is 6.75. The quantitative estimate of drug-likeness (QED) is 0.719. The van der Waals surface area contributed by atoms with Crippen LogP contribution in [0.4, 0.5) is 11.6 Å². The molecule has 4 rings (SSSR count). The van der Waals surface area contributed by atoms with Crippen molar-refractivity contribution in [2.24, 2.45) is 0 Å². The molecule has 0 atom stereocenters. The number of anilines is 2. The Kier molecular flexibility index (Phi) is 4.18. The molecule has 0 saturated heterocycles. The second-order valence-electron chi connectivity index (χ2n) is 7.49. The first kappa shape index (κ1) is 17.3. The molecule has 0 bridgehead atoms. The number of nitrogens with two attached hydrogens (primary N) is 1.